The highest BCUT2D eigenvalue weighted by atomic mass is 19.4. The van der Waals surface area contributed by atoms with Crippen LogP contribution in [-0.2, 0) is 6.18 Å². The molecular formula is C12H16F3N3. The van der Waals surface area contributed by atoms with Crippen LogP contribution in [0.2, 0.25) is 0 Å². The van der Waals surface area contributed by atoms with Crippen molar-refractivity contribution in [3.05, 3.63) is 23.9 Å². The lowest BCUT2D eigenvalue weighted by Crippen LogP contribution is -2.43. The first-order chi connectivity index (χ1) is 8.48. The summed E-state index contributed by atoms with van der Waals surface area (Å²) in [6.07, 6.45) is 0.607. The second-order valence-electron chi connectivity index (χ2n) is 4.60. The number of aromatic nitrogens is 1. The number of alkyl halides is 3. The predicted molar refractivity (Wildman–Crippen MR) is 63.1 cm³/mol. The summed E-state index contributed by atoms with van der Waals surface area (Å²) in [6.45, 7) is 0. The summed E-state index contributed by atoms with van der Waals surface area (Å²) in [6, 6.07) is 2.08. The average Bonchev–Trinajstić information content (AvgIpc) is 2.31. The van der Waals surface area contributed by atoms with Crippen molar-refractivity contribution in [2.24, 2.45) is 5.73 Å². The van der Waals surface area contributed by atoms with Gasteiger partial charge in [0.15, 0.2) is 0 Å². The zero-order valence-electron chi connectivity index (χ0n) is 9.87. The number of hydrogen-bond donors (Lipinski definition) is 2. The van der Waals surface area contributed by atoms with Crippen LogP contribution in [0.5, 0.6) is 0 Å². The largest absolute Gasteiger partial charge is 0.419 e. The number of rotatable bonds is 2. The maximum atomic E-state index is 12.8. The third-order valence-corrected chi connectivity index (χ3v) is 3.25. The summed E-state index contributed by atoms with van der Waals surface area (Å²) < 4.78 is 38.4. The smallest absolute Gasteiger partial charge is 0.365 e. The van der Waals surface area contributed by atoms with Gasteiger partial charge in [-0.3, -0.25) is 0 Å². The van der Waals surface area contributed by atoms with Crippen LogP contribution in [-0.4, -0.2) is 17.1 Å². The van der Waals surface area contributed by atoms with Crippen molar-refractivity contribution in [1.29, 1.82) is 0 Å². The summed E-state index contributed by atoms with van der Waals surface area (Å²) in [5.74, 6) is -0.118. The Morgan fingerprint density at radius 3 is 2.67 bits per heavy atom. The highest BCUT2D eigenvalue weighted by Crippen LogP contribution is 2.34. The molecule has 0 aromatic carbocycles. The van der Waals surface area contributed by atoms with Gasteiger partial charge in [0.1, 0.15) is 5.82 Å². The van der Waals surface area contributed by atoms with E-state index >= 15 is 0 Å². The van der Waals surface area contributed by atoms with Gasteiger partial charge in [-0.2, -0.15) is 13.2 Å². The molecule has 0 radical (unpaired) electrons. The van der Waals surface area contributed by atoms with Crippen LogP contribution in [0.25, 0.3) is 0 Å². The Kier molecular flexibility index (Phi) is 3.75. The van der Waals surface area contributed by atoms with Gasteiger partial charge in [-0.1, -0.05) is 12.8 Å². The van der Waals surface area contributed by atoms with Gasteiger partial charge < -0.3 is 11.1 Å². The minimum absolute atomic E-state index is 0.109. The van der Waals surface area contributed by atoms with Crippen LogP contribution in [0.3, 0.4) is 0 Å². The molecule has 0 saturated heterocycles. The second kappa shape index (κ2) is 5.14. The second-order valence-corrected chi connectivity index (χ2v) is 4.60. The third-order valence-electron chi connectivity index (χ3n) is 3.25. The zero-order valence-corrected chi connectivity index (χ0v) is 9.87. The van der Waals surface area contributed by atoms with Gasteiger partial charge in [0.25, 0.3) is 0 Å². The molecule has 1 saturated carbocycles. The Hall–Kier alpha value is -1.30. The van der Waals surface area contributed by atoms with E-state index in [9.17, 15) is 13.2 Å². The molecule has 0 aliphatic heterocycles. The standard InChI is InChI=1S/C12H16F3N3/c13-12(14,15)8-4-3-7-17-11(8)18-10-6-2-1-5-9(10)16/h3-4,7,9-10H,1-2,5-6,16H2,(H,17,18). The number of nitrogens with zero attached hydrogens (tertiary/aromatic N) is 1. The molecule has 100 valence electrons. The molecule has 1 aliphatic rings. The van der Waals surface area contributed by atoms with Crippen molar-refractivity contribution in [3.8, 4) is 0 Å². The summed E-state index contributed by atoms with van der Waals surface area (Å²) in [4.78, 5) is 3.79. The zero-order chi connectivity index (χ0) is 13.2. The minimum atomic E-state index is -4.39. The van der Waals surface area contributed by atoms with Gasteiger partial charge in [0.2, 0.25) is 0 Å². The summed E-state index contributed by atoms with van der Waals surface area (Å²) in [5.41, 5.74) is 5.18. The van der Waals surface area contributed by atoms with E-state index in [2.05, 4.69) is 10.3 Å². The van der Waals surface area contributed by atoms with E-state index in [0.29, 0.717) is 0 Å². The van der Waals surface area contributed by atoms with Crippen LogP contribution in [0.1, 0.15) is 31.2 Å². The van der Waals surface area contributed by atoms with Gasteiger partial charge in [-0.25, -0.2) is 4.98 Å². The Labute approximate surface area is 104 Å². The van der Waals surface area contributed by atoms with Crippen molar-refractivity contribution in [1.82, 2.24) is 4.98 Å². The van der Waals surface area contributed by atoms with Gasteiger partial charge in [-0.15, -0.1) is 0 Å². The first kappa shape index (κ1) is 13.1. The minimum Gasteiger partial charge on any atom is -0.365 e. The SMILES string of the molecule is NC1CCCCC1Nc1ncccc1C(F)(F)F. The van der Waals surface area contributed by atoms with Gasteiger partial charge in [0.05, 0.1) is 5.56 Å². The molecule has 1 aliphatic carbocycles. The first-order valence-electron chi connectivity index (χ1n) is 6.03. The molecule has 2 unspecified atom stereocenters. The van der Waals surface area contributed by atoms with Crippen LogP contribution in [0, 0.1) is 0 Å². The summed E-state index contributed by atoms with van der Waals surface area (Å²) in [5, 5.41) is 2.85. The van der Waals surface area contributed by atoms with Crippen LogP contribution in [0.4, 0.5) is 19.0 Å². The molecular weight excluding hydrogens is 243 g/mol. The van der Waals surface area contributed by atoms with E-state index in [0.717, 1.165) is 31.7 Å². The lowest BCUT2D eigenvalue weighted by atomic mass is 9.91. The monoisotopic (exact) mass is 259 g/mol. The molecule has 1 heterocycles. The van der Waals surface area contributed by atoms with Crippen LogP contribution < -0.4 is 11.1 Å². The van der Waals surface area contributed by atoms with Crippen molar-refractivity contribution in [3.63, 3.8) is 0 Å². The molecule has 1 aromatic rings. The number of nitrogens with two attached hydrogens (primary N) is 1. The number of hydrogen-bond acceptors (Lipinski definition) is 3. The predicted octanol–water partition coefficient (Wildman–Crippen LogP) is 2.78. The highest BCUT2D eigenvalue weighted by Gasteiger charge is 2.35. The molecule has 0 amide bonds. The van der Waals surface area contributed by atoms with Crippen LogP contribution >= 0.6 is 0 Å². The first-order valence-corrected chi connectivity index (χ1v) is 6.03. The normalized spacial score (nSPS) is 24.9. The quantitative estimate of drug-likeness (QED) is 0.858. The number of halogens is 3. The fourth-order valence-corrected chi connectivity index (χ4v) is 2.26. The molecule has 2 rings (SSSR count). The molecule has 2 atom stereocenters. The molecule has 1 fully saturated rings. The molecule has 0 spiro atoms. The Balaban J connectivity index is 2.18. The van der Waals surface area contributed by atoms with Gasteiger partial charge >= 0.3 is 6.18 Å². The maximum absolute atomic E-state index is 12.8. The third kappa shape index (κ3) is 2.93. The molecule has 1 aromatic heterocycles. The summed E-state index contributed by atoms with van der Waals surface area (Å²) in [7, 11) is 0. The maximum Gasteiger partial charge on any atom is 0.419 e. The van der Waals surface area contributed by atoms with Crippen molar-refractivity contribution >= 4 is 5.82 Å². The number of nitrogens with one attached hydrogen (secondary N) is 1. The van der Waals surface area contributed by atoms with Gasteiger partial charge in [0, 0.05) is 18.3 Å². The lowest BCUT2D eigenvalue weighted by molar-refractivity contribution is -0.137. The van der Waals surface area contributed by atoms with E-state index in [1.807, 2.05) is 0 Å². The molecule has 0 bridgehead atoms. The molecule has 6 heteroatoms. The molecule has 3 nitrogen and oxygen atoms in total. The van der Waals surface area contributed by atoms with Gasteiger partial charge in [-0.05, 0) is 25.0 Å². The topological polar surface area (TPSA) is 50.9 Å². The van der Waals surface area contributed by atoms with E-state index in [1.165, 1.54) is 12.3 Å². The fraction of sp³-hybridized carbons (Fsp3) is 0.583. The van der Waals surface area contributed by atoms with E-state index in [1.54, 1.807) is 0 Å². The number of anilines is 1. The van der Waals surface area contributed by atoms with Crippen molar-refractivity contribution < 1.29 is 13.2 Å². The van der Waals surface area contributed by atoms with Crippen LogP contribution in [0.15, 0.2) is 18.3 Å². The molecule has 3 N–H and O–H groups in total. The van der Waals surface area contributed by atoms with E-state index in [-0.39, 0.29) is 17.9 Å². The highest BCUT2D eigenvalue weighted by molar-refractivity contribution is 5.46. The van der Waals surface area contributed by atoms with Crippen molar-refractivity contribution in [2.45, 2.75) is 43.9 Å². The summed E-state index contributed by atoms with van der Waals surface area (Å²) >= 11 is 0. The van der Waals surface area contributed by atoms with E-state index in [4.69, 9.17) is 5.73 Å². The molecule has 18 heavy (non-hydrogen) atoms. The Morgan fingerprint density at radius 2 is 2.00 bits per heavy atom. The Bertz CT molecular complexity index is 406. The van der Waals surface area contributed by atoms with Crippen molar-refractivity contribution in [2.75, 3.05) is 5.32 Å². The average molecular weight is 259 g/mol. The Morgan fingerprint density at radius 1 is 1.28 bits per heavy atom. The lowest BCUT2D eigenvalue weighted by Gasteiger charge is -2.30. The van der Waals surface area contributed by atoms with E-state index < -0.39 is 11.7 Å². The number of pyridine rings is 1. The fourth-order valence-electron chi connectivity index (χ4n) is 2.26.